The van der Waals surface area contributed by atoms with Crippen molar-refractivity contribution < 1.29 is 27.2 Å². The molecule has 0 saturated carbocycles. The van der Waals surface area contributed by atoms with E-state index in [-0.39, 0.29) is 12.4 Å². The maximum Gasteiger partial charge on any atom is 0.573 e. The largest absolute Gasteiger partial charge is 0.573 e. The van der Waals surface area contributed by atoms with Crippen molar-refractivity contribution in [1.29, 1.82) is 0 Å². The molecule has 0 aliphatic rings. The van der Waals surface area contributed by atoms with Crippen LogP contribution in [0.25, 0.3) is 22.1 Å². The molecule has 2 aromatic carbocycles. The number of rotatable bonds is 5. The zero-order chi connectivity index (χ0) is 18.9. The van der Waals surface area contributed by atoms with Gasteiger partial charge in [0.2, 0.25) is 0 Å². The van der Waals surface area contributed by atoms with Crippen LogP contribution in [-0.4, -0.2) is 21.7 Å². The van der Waals surface area contributed by atoms with Gasteiger partial charge in [-0.15, -0.1) is 13.2 Å². The molecule has 0 bridgehead atoms. The van der Waals surface area contributed by atoms with E-state index in [2.05, 4.69) is 20.1 Å². The molecule has 27 heavy (non-hydrogen) atoms. The van der Waals surface area contributed by atoms with Crippen LogP contribution in [0.3, 0.4) is 0 Å². The Kier molecular flexibility index (Phi) is 4.19. The Morgan fingerprint density at radius 2 is 1.81 bits per heavy atom. The van der Waals surface area contributed by atoms with Crippen LogP contribution >= 0.6 is 0 Å². The highest BCUT2D eigenvalue weighted by atomic mass is 19.4. The maximum absolute atomic E-state index is 12.3. The molecule has 0 atom stereocenters. The number of alkyl halides is 3. The molecule has 138 valence electrons. The summed E-state index contributed by atoms with van der Waals surface area (Å²) in [4.78, 5) is 0. The molecule has 4 rings (SSSR count). The summed E-state index contributed by atoms with van der Waals surface area (Å²) in [6, 6.07) is 10.9. The Bertz CT molecular complexity index is 1040. The number of fused-ring (bicyclic) bond motifs is 1. The zero-order valence-electron chi connectivity index (χ0n) is 13.7. The number of aromatic nitrogens is 3. The summed E-state index contributed by atoms with van der Waals surface area (Å²) in [5, 5.41) is 11.1. The summed E-state index contributed by atoms with van der Waals surface area (Å²) >= 11 is 0. The molecular weight excluding hydrogens is 363 g/mol. The fourth-order valence-corrected chi connectivity index (χ4v) is 2.56. The molecule has 2 heterocycles. The van der Waals surface area contributed by atoms with E-state index < -0.39 is 6.36 Å². The molecule has 6 nitrogen and oxygen atoms in total. The van der Waals surface area contributed by atoms with Crippen molar-refractivity contribution >= 4 is 11.0 Å². The molecule has 4 aromatic rings. The average Bonchev–Trinajstić information content (AvgIpc) is 3.28. The SMILES string of the molecule is FC(F)(F)Oc1ccc(-c2ccc3onc(OCc4cn[nH]c4)c3c2)cc1. The van der Waals surface area contributed by atoms with Gasteiger partial charge in [0.25, 0.3) is 5.88 Å². The summed E-state index contributed by atoms with van der Waals surface area (Å²) in [6.45, 7) is 0.270. The first kappa shape index (κ1) is 17.0. The molecule has 0 fully saturated rings. The molecule has 0 unspecified atom stereocenters. The van der Waals surface area contributed by atoms with Crippen LogP contribution in [0.5, 0.6) is 11.6 Å². The number of halogens is 3. The second kappa shape index (κ2) is 6.67. The van der Waals surface area contributed by atoms with Crippen LogP contribution in [0.4, 0.5) is 13.2 Å². The van der Waals surface area contributed by atoms with E-state index in [1.165, 1.54) is 12.1 Å². The quantitative estimate of drug-likeness (QED) is 0.548. The van der Waals surface area contributed by atoms with Gasteiger partial charge in [-0.2, -0.15) is 5.10 Å². The lowest BCUT2D eigenvalue weighted by molar-refractivity contribution is -0.274. The Morgan fingerprint density at radius 3 is 2.52 bits per heavy atom. The minimum Gasteiger partial charge on any atom is -0.470 e. The molecule has 0 spiro atoms. The minimum atomic E-state index is -4.72. The van der Waals surface area contributed by atoms with E-state index in [0.29, 0.717) is 22.4 Å². The van der Waals surface area contributed by atoms with Crippen molar-refractivity contribution in [2.75, 3.05) is 0 Å². The monoisotopic (exact) mass is 375 g/mol. The molecular formula is C18H12F3N3O3. The normalized spacial score (nSPS) is 11.7. The zero-order valence-corrected chi connectivity index (χ0v) is 13.7. The lowest BCUT2D eigenvalue weighted by Gasteiger charge is -2.09. The van der Waals surface area contributed by atoms with Crippen molar-refractivity contribution in [1.82, 2.24) is 15.4 Å². The van der Waals surface area contributed by atoms with Gasteiger partial charge in [-0.05, 0) is 40.5 Å². The lowest BCUT2D eigenvalue weighted by atomic mass is 10.0. The van der Waals surface area contributed by atoms with Gasteiger partial charge in [0.15, 0.2) is 5.58 Å². The number of hydrogen-bond donors (Lipinski definition) is 1. The van der Waals surface area contributed by atoms with E-state index in [1.54, 1.807) is 42.7 Å². The lowest BCUT2D eigenvalue weighted by Crippen LogP contribution is -2.16. The van der Waals surface area contributed by atoms with Gasteiger partial charge >= 0.3 is 6.36 Å². The summed E-state index contributed by atoms with van der Waals surface area (Å²) in [7, 11) is 0. The van der Waals surface area contributed by atoms with Gasteiger partial charge in [-0.1, -0.05) is 18.2 Å². The molecule has 0 amide bonds. The number of nitrogens with zero attached hydrogens (tertiary/aromatic N) is 2. The van der Waals surface area contributed by atoms with Crippen LogP contribution in [-0.2, 0) is 6.61 Å². The van der Waals surface area contributed by atoms with E-state index in [0.717, 1.165) is 11.1 Å². The number of ether oxygens (including phenoxy) is 2. The predicted octanol–water partition coefficient (Wildman–Crippen LogP) is 4.70. The molecule has 0 radical (unpaired) electrons. The highest BCUT2D eigenvalue weighted by molar-refractivity contribution is 5.87. The van der Waals surface area contributed by atoms with Gasteiger partial charge in [0.05, 0.1) is 11.6 Å². The summed E-state index contributed by atoms with van der Waals surface area (Å²) in [5.74, 6) is 0.0477. The van der Waals surface area contributed by atoms with Crippen LogP contribution < -0.4 is 9.47 Å². The maximum atomic E-state index is 12.3. The minimum absolute atomic E-state index is 0.270. The number of nitrogens with one attached hydrogen (secondary N) is 1. The first-order chi connectivity index (χ1) is 13.0. The standard InChI is InChI=1S/C18H12F3N3O3/c19-18(20,21)26-14-4-1-12(2-5-14)13-3-6-16-15(7-13)17(24-27-16)25-10-11-8-22-23-9-11/h1-9H,10H2,(H,22,23). The van der Waals surface area contributed by atoms with Crippen LogP contribution in [0.15, 0.2) is 59.4 Å². The number of H-pyrrole nitrogens is 1. The molecule has 0 aliphatic heterocycles. The fourth-order valence-electron chi connectivity index (χ4n) is 2.56. The number of hydrogen-bond acceptors (Lipinski definition) is 5. The van der Waals surface area contributed by atoms with Gasteiger partial charge < -0.3 is 14.0 Å². The third kappa shape index (κ3) is 3.86. The second-order valence-electron chi connectivity index (χ2n) is 5.67. The average molecular weight is 375 g/mol. The van der Waals surface area contributed by atoms with E-state index in [9.17, 15) is 13.2 Å². The molecule has 9 heteroatoms. The summed E-state index contributed by atoms with van der Waals surface area (Å²) in [5.41, 5.74) is 2.88. The fraction of sp³-hybridized carbons (Fsp3) is 0.111. The van der Waals surface area contributed by atoms with Gasteiger partial charge in [-0.3, -0.25) is 5.10 Å². The first-order valence-corrected chi connectivity index (χ1v) is 7.84. The number of benzene rings is 2. The highest BCUT2D eigenvalue weighted by Gasteiger charge is 2.30. The third-order valence-electron chi connectivity index (χ3n) is 3.79. The predicted molar refractivity (Wildman–Crippen MR) is 89.0 cm³/mol. The smallest absolute Gasteiger partial charge is 0.470 e. The molecule has 2 aromatic heterocycles. The second-order valence-corrected chi connectivity index (χ2v) is 5.67. The summed E-state index contributed by atoms with van der Waals surface area (Å²) in [6.07, 6.45) is -1.37. The first-order valence-electron chi connectivity index (χ1n) is 7.84. The Balaban J connectivity index is 1.58. The van der Waals surface area contributed by atoms with E-state index >= 15 is 0 Å². The molecule has 0 saturated heterocycles. The number of aromatic amines is 1. The van der Waals surface area contributed by atoms with Gasteiger partial charge in [0, 0.05) is 11.8 Å². The van der Waals surface area contributed by atoms with Crippen molar-refractivity contribution in [3.05, 3.63) is 60.4 Å². The van der Waals surface area contributed by atoms with Gasteiger partial charge in [0.1, 0.15) is 12.4 Å². The van der Waals surface area contributed by atoms with Crippen molar-refractivity contribution in [2.45, 2.75) is 13.0 Å². The highest BCUT2D eigenvalue weighted by Crippen LogP contribution is 2.32. The molecule has 1 N–H and O–H groups in total. The van der Waals surface area contributed by atoms with Crippen LogP contribution in [0, 0.1) is 0 Å². The Hall–Kier alpha value is -3.49. The third-order valence-corrected chi connectivity index (χ3v) is 3.79. The topological polar surface area (TPSA) is 73.2 Å². The van der Waals surface area contributed by atoms with E-state index in [1.807, 2.05) is 0 Å². The van der Waals surface area contributed by atoms with Crippen LogP contribution in [0.2, 0.25) is 0 Å². The van der Waals surface area contributed by atoms with Crippen molar-refractivity contribution in [2.24, 2.45) is 0 Å². The van der Waals surface area contributed by atoms with Crippen molar-refractivity contribution in [3.8, 4) is 22.8 Å². The summed E-state index contributed by atoms with van der Waals surface area (Å²) < 4.78 is 51.6. The van der Waals surface area contributed by atoms with Crippen molar-refractivity contribution in [3.63, 3.8) is 0 Å². The van der Waals surface area contributed by atoms with Crippen LogP contribution in [0.1, 0.15) is 5.56 Å². The van der Waals surface area contributed by atoms with Gasteiger partial charge in [-0.25, -0.2) is 0 Å². The molecule has 0 aliphatic carbocycles. The Morgan fingerprint density at radius 1 is 1.04 bits per heavy atom. The Labute approximate surface area is 150 Å². The van der Waals surface area contributed by atoms with E-state index in [4.69, 9.17) is 9.26 Å².